The smallest absolute Gasteiger partial charge is 0.351 e. The van der Waals surface area contributed by atoms with Gasteiger partial charge in [-0.15, -0.1) is 0 Å². The van der Waals surface area contributed by atoms with E-state index in [0.29, 0.717) is 24.6 Å². The molecule has 0 fully saturated rings. The third-order valence-electron chi connectivity index (χ3n) is 4.70. The lowest BCUT2D eigenvalue weighted by atomic mass is 10.0. The largest absolute Gasteiger partial charge is 0.416 e. The molecule has 0 aliphatic carbocycles. The van der Waals surface area contributed by atoms with Crippen LogP contribution in [0, 0.1) is 0 Å². The van der Waals surface area contributed by atoms with Crippen LogP contribution >= 0.6 is 0 Å². The number of alkyl halides is 3. The average molecular weight is 448 g/mol. The van der Waals surface area contributed by atoms with Crippen LogP contribution < -0.4 is 10.6 Å². The quantitative estimate of drug-likeness (QED) is 0.355. The number of anilines is 1. The highest BCUT2D eigenvalue weighted by molar-refractivity contribution is 6.25. The highest BCUT2D eigenvalue weighted by Gasteiger charge is 2.30. The van der Waals surface area contributed by atoms with Gasteiger partial charge in [-0.2, -0.15) is 13.2 Å². The summed E-state index contributed by atoms with van der Waals surface area (Å²) in [4.78, 5) is 27.5. The van der Waals surface area contributed by atoms with E-state index in [4.69, 9.17) is 0 Å². The molecule has 8 heteroatoms. The van der Waals surface area contributed by atoms with Gasteiger partial charge in [-0.05, 0) is 55.4 Å². The Morgan fingerprint density at radius 3 is 2.25 bits per heavy atom. The van der Waals surface area contributed by atoms with Gasteiger partial charge in [0.05, 0.1) is 5.56 Å². The molecule has 0 aromatic heterocycles. The van der Waals surface area contributed by atoms with Crippen LogP contribution in [0.5, 0.6) is 0 Å². The van der Waals surface area contributed by atoms with E-state index in [1.165, 1.54) is 18.2 Å². The van der Waals surface area contributed by atoms with Crippen molar-refractivity contribution in [2.24, 2.45) is 0 Å². The highest BCUT2D eigenvalue weighted by atomic mass is 19.4. The molecule has 32 heavy (non-hydrogen) atoms. The maximum Gasteiger partial charge on any atom is 0.416 e. The van der Waals surface area contributed by atoms with E-state index in [-0.39, 0.29) is 11.3 Å². The maximum absolute atomic E-state index is 13.0. The van der Waals surface area contributed by atoms with Crippen molar-refractivity contribution < 1.29 is 22.8 Å². The Kier molecular flexibility index (Phi) is 8.60. The molecule has 2 aromatic carbocycles. The minimum absolute atomic E-state index is 0.0491. The van der Waals surface area contributed by atoms with Gasteiger partial charge >= 0.3 is 6.18 Å². The van der Waals surface area contributed by atoms with Gasteiger partial charge in [0.1, 0.15) is 5.57 Å². The Bertz CT molecular complexity index is 965. The molecular formula is C24H28F3N3O2. The number of rotatable bonds is 8. The molecule has 0 saturated carbocycles. The van der Waals surface area contributed by atoms with Crippen molar-refractivity contribution in [2.75, 3.05) is 32.5 Å². The first kappa shape index (κ1) is 25.1. The molecule has 0 heterocycles. The third kappa shape index (κ3) is 7.53. The van der Waals surface area contributed by atoms with Crippen molar-refractivity contribution in [2.45, 2.75) is 25.9 Å². The Balaban J connectivity index is 2.30. The molecule has 0 spiro atoms. The van der Waals surface area contributed by atoms with E-state index in [1.807, 2.05) is 31.1 Å². The summed E-state index contributed by atoms with van der Waals surface area (Å²) in [5.41, 5.74) is 0.602. The molecule has 0 saturated heterocycles. The van der Waals surface area contributed by atoms with Crippen LogP contribution in [0.1, 0.15) is 36.5 Å². The van der Waals surface area contributed by atoms with Gasteiger partial charge < -0.3 is 15.5 Å². The summed E-state index contributed by atoms with van der Waals surface area (Å²) in [6, 6.07) is 11.7. The van der Waals surface area contributed by atoms with Crippen LogP contribution in [0.25, 0.3) is 6.08 Å². The molecule has 2 aromatic rings. The molecule has 5 nitrogen and oxygen atoms in total. The first-order valence-electron chi connectivity index (χ1n) is 10.2. The molecule has 172 valence electrons. The standard InChI is InChI=1S/C24H28F3N3O2/c1-16(2)18-10-8-17(9-11-18)14-21(22(31)28-12-13-30(3)4)23(32)29-20-7-5-6-19(15-20)24(25,26)27/h5-11,14-16H,12-13H2,1-4H3,(H,28,31)(H,29,32). The predicted molar refractivity (Wildman–Crippen MR) is 120 cm³/mol. The van der Waals surface area contributed by atoms with Gasteiger partial charge in [0.2, 0.25) is 0 Å². The summed E-state index contributed by atoms with van der Waals surface area (Å²) in [5.74, 6) is -1.07. The highest BCUT2D eigenvalue weighted by Crippen LogP contribution is 2.30. The lowest BCUT2D eigenvalue weighted by Gasteiger charge is -2.14. The van der Waals surface area contributed by atoms with Crippen molar-refractivity contribution >= 4 is 23.6 Å². The minimum atomic E-state index is -4.54. The van der Waals surface area contributed by atoms with Gasteiger partial charge in [0.15, 0.2) is 0 Å². The van der Waals surface area contributed by atoms with Crippen LogP contribution in [0.3, 0.4) is 0 Å². The average Bonchev–Trinajstić information content (AvgIpc) is 2.71. The molecule has 0 atom stereocenters. The van der Waals surface area contributed by atoms with E-state index < -0.39 is 23.6 Å². The van der Waals surface area contributed by atoms with Crippen LogP contribution in [0.2, 0.25) is 0 Å². The lowest BCUT2D eigenvalue weighted by molar-refractivity contribution is -0.137. The second-order valence-electron chi connectivity index (χ2n) is 7.97. The second kappa shape index (κ2) is 10.9. The van der Waals surface area contributed by atoms with Crippen molar-refractivity contribution in [3.8, 4) is 0 Å². The fraction of sp³-hybridized carbons (Fsp3) is 0.333. The van der Waals surface area contributed by atoms with Gasteiger partial charge in [-0.25, -0.2) is 0 Å². The summed E-state index contributed by atoms with van der Waals surface area (Å²) < 4.78 is 38.9. The summed E-state index contributed by atoms with van der Waals surface area (Å²) in [7, 11) is 3.69. The molecule has 0 unspecified atom stereocenters. The number of carbonyl (C=O) groups excluding carboxylic acids is 2. The Morgan fingerprint density at radius 1 is 1.03 bits per heavy atom. The Morgan fingerprint density at radius 2 is 1.69 bits per heavy atom. The van der Waals surface area contributed by atoms with E-state index in [1.54, 1.807) is 12.1 Å². The topological polar surface area (TPSA) is 61.4 Å². The maximum atomic E-state index is 13.0. The predicted octanol–water partition coefficient (Wildman–Crippen LogP) is 4.53. The molecule has 2 N–H and O–H groups in total. The number of hydrogen-bond acceptors (Lipinski definition) is 3. The first-order valence-corrected chi connectivity index (χ1v) is 10.2. The van der Waals surface area contributed by atoms with E-state index in [0.717, 1.165) is 17.7 Å². The minimum Gasteiger partial charge on any atom is -0.351 e. The van der Waals surface area contributed by atoms with Crippen molar-refractivity contribution in [3.05, 3.63) is 70.8 Å². The first-order chi connectivity index (χ1) is 15.0. The molecule has 0 aliphatic rings. The zero-order chi connectivity index (χ0) is 23.9. The lowest BCUT2D eigenvalue weighted by Crippen LogP contribution is -2.35. The molecule has 0 aliphatic heterocycles. The monoisotopic (exact) mass is 447 g/mol. The number of likely N-dealkylation sites (N-methyl/N-ethyl adjacent to an activating group) is 1. The summed E-state index contributed by atoms with van der Waals surface area (Å²) in [5, 5.41) is 5.08. The number of halogens is 3. The van der Waals surface area contributed by atoms with Crippen molar-refractivity contribution in [1.29, 1.82) is 0 Å². The van der Waals surface area contributed by atoms with E-state index >= 15 is 0 Å². The number of nitrogens with one attached hydrogen (secondary N) is 2. The zero-order valence-corrected chi connectivity index (χ0v) is 18.6. The molecule has 2 rings (SSSR count). The number of benzene rings is 2. The molecule has 2 amide bonds. The zero-order valence-electron chi connectivity index (χ0n) is 18.6. The van der Waals surface area contributed by atoms with Gasteiger partial charge in [0, 0.05) is 18.8 Å². The number of hydrogen-bond donors (Lipinski definition) is 2. The fourth-order valence-electron chi connectivity index (χ4n) is 2.84. The Hall–Kier alpha value is -3.13. The SMILES string of the molecule is CC(C)c1ccc(C=C(C(=O)NCCN(C)C)C(=O)Nc2cccc(C(F)(F)F)c2)cc1. The second-order valence-corrected chi connectivity index (χ2v) is 7.97. The van der Waals surface area contributed by atoms with E-state index in [2.05, 4.69) is 24.5 Å². The third-order valence-corrected chi connectivity index (χ3v) is 4.70. The van der Waals surface area contributed by atoms with Gasteiger partial charge in [-0.1, -0.05) is 44.2 Å². The van der Waals surface area contributed by atoms with Crippen molar-refractivity contribution in [3.63, 3.8) is 0 Å². The molecule has 0 bridgehead atoms. The van der Waals surface area contributed by atoms with Crippen LogP contribution in [-0.2, 0) is 15.8 Å². The van der Waals surface area contributed by atoms with Gasteiger partial charge in [-0.3, -0.25) is 9.59 Å². The molecule has 0 radical (unpaired) electrons. The number of nitrogens with zero attached hydrogens (tertiary/aromatic N) is 1. The summed E-state index contributed by atoms with van der Waals surface area (Å²) >= 11 is 0. The van der Waals surface area contributed by atoms with E-state index in [9.17, 15) is 22.8 Å². The summed E-state index contributed by atoms with van der Waals surface area (Å²) in [6.45, 7) is 4.98. The number of carbonyl (C=O) groups is 2. The van der Waals surface area contributed by atoms with Gasteiger partial charge in [0.25, 0.3) is 11.8 Å². The van der Waals surface area contributed by atoms with Crippen LogP contribution in [-0.4, -0.2) is 43.9 Å². The van der Waals surface area contributed by atoms with Crippen LogP contribution in [0.4, 0.5) is 18.9 Å². The van der Waals surface area contributed by atoms with Crippen LogP contribution in [0.15, 0.2) is 54.1 Å². The fourth-order valence-corrected chi connectivity index (χ4v) is 2.84. The van der Waals surface area contributed by atoms with Crippen molar-refractivity contribution in [1.82, 2.24) is 10.2 Å². The number of amides is 2. The Labute approximate surface area is 186 Å². The summed E-state index contributed by atoms with van der Waals surface area (Å²) in [6.07, 6.45) is -3.11. The molecular weight excluding hydrogens is 419 g/mol. The normalized spacial score (nSPS) is 12.2.